The highest BCUT2D eigenvalue weighted by atomic mass is 79.9. The summed E-state index contributed by atoms with van der Waals surface area (Å²) in [5, 5.41) is 3.48. The topological polar surface area (TPSA) is 12.0 Å². The molecule has 2 aromatic rings. The number of hydrogen-bond donors (Lipinski definition) is 1. The van der Waals surface area contributed by atoms with Crippen LogP contribution >= 0.6 is 27.5 Å². The molecule has 0 bridgehead atoms. The third-order valence-corrected chi connectivity index (χ3v) is 3.77. The molecule has 0 saturated carbocycles. The Labute approximate surface area is 123 Å². The van der Waals surface area contributed by atoms with Gasteiger partial charge in [0.05, 0.1) is 6.04 Å². The summed E-state index contributed by atoms with van der Waals surface area (Å²) in [4.78, 5) is 0. The Bertz CT molecular complexity index is 584. The van der Waals surface area contributed by atoms with E-state index in [1.165, 1.54) is 18.2 Å². The van der Waals surface area contributed by atoms with Crippen LogP contribution in [0.5, 0.6) is 0 Å². The van der Waals surface area contributed by atoms with Crippen molar-refractivity contribution in [3.8, 4) is 0 Å². The molecule has 100 valence electrons. The van der Waals surface area contributed by atoms with Gasteiger partial charge in [-0.05, 0) is 36.9 Å². The predicted octanol–water partition coefficient (Wildman–Crippen LogP) is 4.69. The summed E-state index contributed by atoms with van der Waals surface area (Å²) < 4.78 is 28.4. The Hall–Kier alpha value is -0.970. The molecule has 0 aliphatic rings. The fourth-order valence-electron chi connectivity index (χ4n) is 1.98. The molecule has 1 atom stereocenters. The molecule has 0 aliphatic carbocycles. The lowest BCUT2D eigenvalue weighted by atomic mass is 9.98. The SMILES string of the molecule is CNC(c1ccc(Cl)cc1Br)c1c(F)cccc1F. The maximum absolute atomic E-state index is 13.9. The van der Waals surface area contributed by atoms with Gasteiger partial charge in [-0.1, -0.05) is 39.7 Å². The lowest BCUT2D eigenvalue weighted by molar-refractivity contribution is 0.521. The fourth-order valence-corrected chi connectivity index (χ4v) is 2.89. The Balaban J connectivity index is 2.56. The standard InChI is InChI=1S/C14H11BrClF2N/c1-19-14(9-6-5-8(16)7-10(9)15)13-11(17)3-2-4-12(13)18/h2-7,14,19H,1H3. The molecular formula is C14H11BrClF2N. The zero-order valence-electron chi connectivity index (χ0n) is 10.1. The minimum absolute atomic E-state index is 0.00646. The molecule has 5 heteroatoms. The van der Waals surface area contributed by atoms with Gasteiger partial charge in [0.25, 0.3) is 0 Å². The van der Waals surface area contributed by atoms with Crippen molar-refractivity contribution in [2.24, 2.45) is 0 Å². The van der Waals surface area contributed by atoms with Crippen LogP contribution in [-0.4, -0.2) is 7.05 Å². The molecule has 0 amide bonds. The monoisotopic (exact) mass is 345 g/mol. The average molecular weight is 347 g/mol. The Kier molecular flexibility index (Phi) is 4.55. The quantitative estimate of drug-likeness (QED) is 0.850. The third-order valence-electron chi connectivity index (χ3n) is 2.85. The Morgan fingerprint density at radius 3 is 2.32 bits per heavy atom. The zero-order chi connectivity index (χ0) is 14.0. The van der Waals surface area contributed by atoms with Gasteiger partial charge in [-0.3, -0.25) is 0 Å². The van der Waals surface area contributed by atoms with Gasteiger partial charge in [0.15, 0.2) is 0 Å². The van der Waals surface area contributed by atoms with E-state index < -0.39 is 17.7 Å². The molecular weight excluding hydrogens is 336 g/mol. The first-order chi connectivity index (χ1) is 9.04. The molecule has 1 nitrogen and oxygen atoms in total. The minimum Gasteiger partial charge on any atom is -0.309 e. The van der Waals surface area contributed by atoms with E-state index in [-0.39, 0.29) is 5.56 Å². The number of nitrogens with one attached hydrogen (secondary N) is 1. The Morgan fingerprint density at radius 1 is 1.16 bits per heavy atom. The zero-order valence-corrected chi connectivity index (χ0v) is 12.4. The molecule has 0 radical (unpaired) electrons. The van der Waals surface area contributed by atoms with Gasteiger partial charge in [0.1, 0.15) is 11.6 Å². The molecule has 0 fully saturated rings. The van der Waals surface area contributed by atoms with E-state index in [1.807, 2.05) is 0 Å². The van der Waals surface area contributed by atoms with Gasteiger partial charge in [-0.2, -0.15) is 0 Å². The second-order valence-corrected chi connectivity index (χ2v) is 5.31. The summed E-state index contributed by atoms with van der Waals surface area (Å²) in [5.74, 6) is -1.16. The smallest absolute Gasteiger partial charge is 0.131 e. The second kappa shape index (κ2) is 5.99. The van der Waals surface area contributed by atoms with Gasteiger partial charge >= 0.3 is 0 Å². The number of rotatable bonds is 3. The van der Waals surface area contributed by atoms with Crippen LogP contribution in [-0.2, 0) is 0 Å². The minimum atomic E-state index is -0.590. The molecule has 0 saturated heterocycles. The molecule has 0 aromatic heterocycles. The highest BCUT2D eigenvalue weighted by Crippen LogP contribution is 2.32. The summed E-state index contributed by atoms with van der Waals surface area (Å²) in [6, 6.07) is 8.36. The van der Waals surface area contributed by atoms with E-state index in [0.717, 1.165) is 5.56 Å². The molecule has 0 heterocycles. The predicted molar refractivity (Wildman–Crippen MR) is 76.4 cm³/mol. The Morgan fingerprint density at radius 2 is 1.79 bits per heavy atom. The van der Waals surface area contributed by atoms with Crippen LogP contribution in [0.25, 0.3) is 0 Å². The largest absolute Gasteiger partial charge is 0.309 e. The van der Waals surface area contributed by atoms with E-state index in [1.54, 1.807) is 25.2 Å². The normalized spacial score (nSPS) is 12.5. The van der Waals surface area contributed by atoms with Crippen molar-refractivity contribution in [2.75, 3.05) is 7.05 Å². The van der Waals surface area contributed by atoms with Crippen LogP contribution in [0.1, 0.15) is 17.2 Å². The van der Waals surface area contributed by atoms with Crippen molar-refractivity contribution in [3.63, 3.8) is 0 Å². The van der Waals surface area contributed by atoms with E-state index in [9.17, 15) is 8.78 Å². The van der Waals surface area contributed by atoms with Crippen molar-refractivity contribution in [3.05, 3.63) is 68.7 Å². The summed E-state index contributed by atoms with van der Waals surface area (Å²) in [5.41, 5.74) is 0.712. The first kappa shape index (κ1) is 14.4. The van der Waals surface area contributed by atoms with Crippen molar-refractivity contribution in [1.29, 1.82) is 0 Å². The fraction of sp³-hybridized carbons (Fsp3) is 0.143. The first-order valence-corrected chi connectivity index (χ1v) is 6.77. The molecule has 2 aromatic carbocycles. The third kappa shape index (κ3) is 2.96. The van der Waals surface area contributed by atoms with Crippen LogP contribution in [0.4, 0.5) is 8.78 Å². The summed E-state index contributed by atoms with van der Waals surface area (Å²) >= 11 is 9.24. The van der Waals surface area contributed by atoms with Crippen molar-refractivity contribution in [2.45, 2.75) is 6.04 Å². The molecule has 0 aliphatic heterocycles. The lowest BCUT2D eigenvalue weighted by Gasteiger charge is -2.20. The highest BCUT2D eigenvalue weighted by molar-refractivity contribution is 9.10. The van der Waals surface area contributed by atoms with Gasteiger partial charge in [-0.25, -0.2) is 8.78 Å². The highest BCUT2D eigenvalue weighted by Gasteiger charge is 2.22. The van der Waals surface area contributed by atoms with Crippen LogP contribution < -0.4 is 5.32 Å². The van der Waals surface area contributed by atoms with Crippen LogP contribution in [0, 0.1) is 11.6 Å². The average Bonchev–Trinajstić information content (AvgIpc) is 2.35. The van der Waals surface area contributed by atoms with Gasteiger partial charge in [0, 0.05) is 15.1 Å². The van der Waals surface area contributed by atoms with E-state index in [0.29, 0.717) is 9.50 Å². The van der Waals surface area contributed by atoms with Crippen LogP contribution in [0.3, 0.4) is 0 Å². The molecule has 19 heavy (non-hydrogen) atoms. The summed E-state index contributed by atoms with van der Waals surface area (Å²) in [6.07, 6.45) is 0. The molecule has 1 unspecified atom stereocenters. The van der Waals surface area contributed by atoms with E-state index in [4.69, 9.17) is 11.6 Å². The molecule has 0 spiro atoms. The van der Waals surface area contributed by atoms with Gasteiger partial charge in [0.2, 0.25) is 0 Å². The molecule has 1 N–H and O–H groups in total. The second-order valence-electron chi connectivity index (χ2n) is 4.02. The van der Waals surface area contributed by atoms with E-state index in [2.05, 4.69) is 21.2 Å². The van der Waals surface area contributed by atoms with Crippen molar-refractivity contribution >= 4 is 27.5 Å². The maximum atomic E-state index is 13.9. The number of halogens is 4. The first-order valence-electron chi connectivity index (χ1n) is 5.60. The number of benzene rings is 2. The van der Waals surface area contributed by atoms with Crippen molar-refractivity contribution < 1.29 is 8.78 Å². The van der Waals surface area contributed by atoms with Crippen molar-refractivity contribution in [1.82, 2.24) is 5.32 Å². The van der Waals surface area contributed by atoms with Crippen LogP contribution in [0.15, 0.2) is 40.9 Å². The number of hydrogen-bond acceptors (Lipinski definition) is 1. The van der Waals surface area contributed by atoms with Gasteiger partial charge < -0.3 is 5.32 Å². The van der Waals surface area contributed by atoms with E-state index >= 15 is 0 Å². The maximum Gasteiger partial charge on any atom is 0.131 e. The summed E-state index contributed by atoms with van der Waals surface area (Å²) in [6.45, 7) is 0. The summed E-state index contributed by atoms with van der Waals surface area (Å²) in [7, 11) is 1.65. The van der Waals surface area contributed by atoms with Gasteiger partial charge in [-0.15, -0.1) is 0 Å². The van der Waals surface area contributed by atoms with Crippen LogP contribution in [0.2, 0.25) is 5.02 Å². The molecule has 2 rings (SSSR count). The lowest BCUT2D eigenvalue weighted by Crippen LogP contribution is -2.20.